The summed E-state index contributed by atoms with van der Waals surface area (Å²) in [5, 5.41) is 0.552. The van der Waals surface area contributed by atoms with Crippen LogP contribution in [0.25, 0.3) is 10.8 Å². The number of rotatable bonds is 3. The Hall–Kier alpha value is -2.21. The minimum Gasteiger partial charge on any atom is -0.385 e. The van der Waals surface area contributed by atoms with Gasteiger partial charge in [-0.25, -0.2) is 4.39 Å². The molecule has 3 N–H and O–H groups in total. The smallest absolute Gasteiger partial charge is 0.257 e. The van der Waals surface area contributed by atoms with Crippen molar-refractivity contribution < 1.29 is 9.18 Å². The molecule has 110 valence electrons. The molecule has 0 radical (unpaired) electrons. The lowest BCUT2D eigenvalue weighted by atomic mass is 10.0. The molecule has 0 spiro atoms. The third-order valence-electron chi connectivity index (χ3n) is 3.86. The summed E-state index contributed by atoms with van der Waals surface area (Å²) < 4.78 is 13.3. The number of likely N-dealkylation sites (tertiary alicyclic amines) is 1. The molecule has 1 aliphatic rings. The second kappa shape index (κ2) is 5.29. The Labute approximate surface area is 120 Å². The summed E-state index contributed by atoms with van der Waals surface area (Å²) in [5.41, 5.74) is 5.60. The normalized spacial score (nSPS) is 15.7. The SMILES string of the molecule is Nc1[nH]c(=O)c2cc(F)ccc2c1C(=O)CN1CCCC1. The van der Waals surface area contributed by atoms with Gasteiger partial charge in [-0.2, -0.15) is 0 Å². The first kappa shape index (κ1) is 13.8. The quantitative estimate of drug-likeness (QED) is 0.840. The molecule has 2 heterocycles. The lowest BCUT2D eigenvalue weighted by Gasteiger charge is -2.15. The van der Waals surface area contributed by atoms with Crippen LogP contribution in [0.1, 0.15) is 23.2 Å². The van der Waals surface area contributed by atoms with Gasteiger partial charge in [0.25, 0.3) is 5.56 Å². The van der Waals surface area contributed by atoms with Gasteiger partial charge in [0.1, 0.15) is 11.6 Å². The van der Waals surface area contributed by atoms with Gasteiger partial charge in [0.15, 0.2) is 5.78 Å². The number of nitrogen functional groups attached to an aromatic ring is 1. The third-order valence-corrected chi connectivity index (χ3v) is 3.86. The number of hydrogen-bond acceptors (Lipinski definition) is 4. The van der Waals surface area contributed by atoms with Crippen LogP contribution in [0.4, 0.5) is 10.2 Å². The molecule has 1 aromatic heterocycles. The molecular formula is C15H16FN3O2. The van der Waals surface area contributed by atoms with Gasteiger partial charge in [-0.1, -0.05) is 6.07 Å². The van der Waals surface area contributed by atoms with Crippen LogP contribution in [0, 0.1) is 5.82 Å². The first-order chi connectivity index (χ1) is 10.1. The number of fused-ring (bicyclic) bond motifs is 1. The van der Waals surface area contributed by atoms with E-state index >= 15 is 0 Å². The summed E-state index contributed by atoms with van der Waals surface area (Å²) >= 11 is 0. The van der Waals surface area contributed by atoms with E-state index in [1.807, 2.05) is 0 Å². The van der Waals surface area contributed by atoms with Crippen molar-refractivity contribution in [2.24, 2.45) is 0 Å². The molecule has 0 aliphatic carbocycles. The van der Waals surface area contributed by atoms with Crippen LogP contribution in [0.15, 0.2) is 23.0 Å². The second-order valence-corrected chi connectivity index (χ2v) is 5.34. The monoisotopic (exact) mass is 289 g/mol. The molecule has 6 heteroatoms. The summed E-state index contributed by atoms with van der Waals surface area (Å²) in [6, 6.07) is 3.79. The molecule has 0 unspecified atom stereocenters. The highest BCUT2D eigenvalue weighted by Crippen LogP contribution is 2.22. The van der Waals surface area contributed by atoms with Crippen molar-refractivity contribution in [2.45, 2.75) is 12.8 Å². The van der Waals surface area contributed by atoms with E-state index in [1.165, 1.54) is 12.1 Å². The van der Waals surface area contributed by atoms with Crippen LogP contribution in [0.2, 0.25) is 0 Å². The Morgan fingerprint density at radius 1 is 1.29 bits per heavy atom. The fraction of sp³-hybridized carbons (Fsp3) is 0.333. The molecule has 0 atom stereocenters. The number of nitrogens with zero attached hydrogens (tertiary/aromatic N) is 1. The number of Topliss-reactive ketones (excluding diaryl/α,β-unsaturated/α-hetero) is 1. The lowest BCUT2D eigenvalue weighted by molar-refractivity contribution is 0.0947. The number of carbonyl (C=O) groups excluding carboxylic acids is 1. The predicted octanol–water partition coefficient (Wildman–Crippen LogP) is 1.53. The average molecular weight is 289 g/mol. The van der Waals surface area contributed by atoms with Crippen molar-refractivity contribution in [1.29, 1.82) is 0 Å². The maximum absolute atomic E-state index is 13.3. The molecule has 0 bridgehead atoms. The van der Waals surface area contributed by atoms with Gasteiger partial charge in [-0.15, -0.1) is 0 Å². The molecule has 3 rings (SSSR count). The van der Waals surface area contributed by atoms with Crippen LogP contribution in [-0.4, -0.2) is 35.3 Å². The minimum absolute atomic E-state index is 0.0447. The number of carbonyl (C=O) groups is 1. The highest BCUT2D eigenvalue weighted by molar-refractivity contribution is 6.12. The van der Waals surface area contributed by atoms with Gasteiger partial charge >= 0.3 is 0 Å². The van der Waals surface area contributed by atoms with E-state index in [4.69, 9.17) is 5.73 Å². The topological polar surface area (TPSA) is 79.2 Å². The summed E-state index contributed by atoms with van der Waals surface area (Å²) in [6.07, 6.45) is 2.17. The number of H-pyrrole nitrogens is 1. The number of halogens is 1. The van der Waals surface area contributed by atoms with Crippen molar-refractivity contribution in [3.8, 4) is 0 Å². The Kier molecular flexibility index (Phi) is 3.47. The van der Waals surface area contributed by atoms with E-state index in [2.05, 4.69) is 9.88 Å². The fourth-order valence-corrected chi connectivity index (χ4v) is 2.84. The number of benzene rings is 1. The summed E-state index contributed by atoms with van der Waals surface area (Å²) in [6.45, 7) is 2.05. The molecule has 5 nitrogen and oxygen atoms in total. The third kappa shape index (κ3) is 2.54. The van der Waals surface area contributed by atoms with E-state index in [0.29, 0.717) is 5.39 Å². The zero-order valence-corrected chi connectivity index (χ0v) is 11.5. The molecule has 1 fully saturated rings. The zero-order chi connectivity index (χ0) is 15.0. The zero-order valence-electron chi connectivity index (χ0n) is 11.5. The molecule has 1 saturated heterocycles. The summed E-state index contributed by atoms with van der Waals surface area (Å²) in [7, 11) is 0. The highest BCUT2D eigenvalue weighted by atomic mass is 19.1. The number of aromatic nitrogens is 1. The van der Waals surface area contributed by atoms with E-state index in [9.17, 15) is 14.0 Å². The number of pyridine rings is 1. The van der Waals surface area contributed by atoms with Crippen molar-refractivity contribution >= 4 is 22.4 Å². The molecule has 21 heavy (non-hydrogen) atoms. The van der Waals surface area contributed by atoms with Crippen molar-refractivity contribution in [2.75, 3.05) is 25.4 Å². The second-order valence-electron chi connectivity index (χ2n) is 5.34. The molecule has 2 aromatic rings. The van der Waals surface area contributed by atoms with Gasteiger partial charge in [-0.05, 0) is 38.1 Å². The number of aromatic amines is 1. The van der Waals surface area contributed by atoms with Gasteiger partial charge in [0.2, 0.25) is 0 Å². The molecule has 1 aromatic carbocycles. The minimum atomic E-state index is -0.518. The van der Waals surface area contributed by atoms with Gasteiger partial charge < -0.3 is 10.7 Å². The van der Waals surface area contributed by atoms with Gasteiger partial charge in [0.05, 0.1) is 17.5 Å². The maximum atomic E-state index is 13.3. The Morgan fingerprint density at radius 3 is 2.71 bits per heavy atom. The van der Waals surface area contributed by atoms with Crippen LogP contribution in [0.5, 0.6) is 0 Å². The maximum Gasteiger partial charge on any atom is 0.257 e. The van der Waals surface area contributed by atoms with E-state index in [0.717, 1.165) is 32.0 Å². The Balaban J connectivity index is 2.08. The Morgan fingerprint density at radius 2 is 2.00 bits per heavy atom. The number of anilines is 1. The Bertz CT molecular complexity index is 763. The van der Waals surface area contributed by atoms with Crippen molar-refractivity contribution in [3.63, 3.8) is 0 Å². The lowest BCUT2D eigenvalue weighted by Crippen LogP contribution is -2.28. The van der Waals surface area contributed by atoms with E-state index in [-0.39, 0.29) is 29.1 Å². The number of nitrogens with one attached hydrogen (secondary N) is 1. The van der Waals surface area contributed by atoms with Crippen LogP contribution in [-0.2, 0) is 0 Å². The number of nitrogens with two attached hydrogens (primary N) is 1. The average Bonchev–Trinajstić information content (AvgIpc) is 2.92. The van der Waals surface area contributed by atoms with E-state index < -0.39 is 11.4 Å². The predicted molar refractivity (Wildman–Crippen MR) is 78.9 cm³/mol. The number of ketones is 1. The van der Waals surface area contributed by atoms with Gasteiger partial charge in [0, 0.05) is 5.39 Å². The standard InChI is InChI=1S/C15H16FN3O2/c16-9-3-4-10-11(7-9)15(21)18-14(17)13(10)12(20)8-19-5-1-2-6-19/h3-4,7H,1-2,5-6,8H2,(H3,17,18,21). The molecule has 1 aliphatic heterocycles. The first-order valence-electron chi connectivity index (χ1n) is 6.93. The van der Waals surface area contributed by atoms with Crippen LogP contribution >= 0.6 is 0 Å². The van der Waals surface area contributed by atoms with Crippen molar-refractivity contribution in [1.82, 2.24) is 9.88 Å². The van der Waals surface area contributed by atoms with Gasteiger partial charge in [-0.3, -0.25) is 14.5 Å². The highest BCUT2D eigenvalue weighted by Gasteiger charge is 2.21. The summed E-state index contributed by atoms with van der Waals surface area (Å²) in [4.78, 5) is 28.8. The molecule has 0 saturated carbocycles. The fourth-order valence-electron chi connectivity index (χ4n) is 2.84. The van der Waals surface area contributed by atoms with Crippen LogP contribution < -0.4 is 11.3 Å². The molecule has 0 amide bonds. The molecular weight excluding hydrogens is 273 g/mol. The van der Waals surface area contributed by atoms with E-state index in [1.54, 1.807) is 0 Å². The van der Waals surface area contributed by atoms with Crippen LogP contribution in [0.3, 0.4) is 0 Å². The summed E-state index contributed by atoms with van der Waals surface area (Å²) in [5.74, 6) is -0.624. The first-order valence-corrected chi connectivity index (χ1v) is 6.93. The largest absolute Gasteiger partial charge is 0.385 e. The number of hydrogen-bond donors (Lipinski definition) is 2. The van der Waals surface area contributed by atoms with Crippen molar-refractivity contribution in [3.05, 3.63) is 39.9 Å².